The van der Waals surface area contributed by atoms with Crippen LogP contribution in [0.3, 0.4) is 0 Å². The van der Waals surface area contributed by atoms with Crippen molar-refractivity contribution in [2.24, 2.45) is 0 Å². The number of rotatable bonds is 4. The smallest absolute Gasteiger partial charge is 0.254 e. The molecule has 3 aromatic rings. The summed E-state index contributed by atoms with van der Waals surface area (Å²) in [6, 6.07) is 14.4. The van der Waals surface area contributed by atoms with Crippen molar-refractivity contribution in [3.8, 4) is 0 Å². The molecule has 1 amide bonds. The van der Waals surface area contributed by atoms with Gasteiger partial charge in [-0.1, -0.05) is 42.0 Å². The fourth-order valence-electron chi connectivity index (χ4n) is 4.47. The number of anilines is 1. The number of amides is 1. The molecule has 5 nitrogen and oxygen atoms in total. The highest BCUT2D eigenvalue weighted by Crippen LogP contribution is 2.27. The molecule has 0 spiro atoms. The summed E-state index contributed by atoms with van der Waals surface area (Å²) < 4.78 is 0. The van der Waals surface area contributed by atoms with Gasteiger partial charge in [-0.05, 0) is 57.4 Å². The Morgan fingerprint density at radius 1 is 0.875 bits per heavy atom. The summed E-state index contributed by atoms with van der Waals surface area (Å²) in [6.45, 7) is 13.3. The minimum Gasteiger partial charge on any atom is -0.353 e. The molecule has 4 rings (SSSR count). The zero-order valence-corrected chi connectivity index (χ0v) is 19.8. The molecule has 0 N–H and O–H groups in total. The van der Waals surface area contributed by atoms with E-state index >= 15 is 0 Å². The number of benzene rings is 2. The predicted octanol–water partition coefficient (Wildman–Crippen LogP) is 4.57. The van der Waals surface area contributed by atoms with Crippen molar-refractivity contribution in [1.82, 2.24) is 14.9 Å². The van der Waals surface area contributed by atoms with Gasteiger partial charge in [-0.15, -0.1) is 0 Å². The molecule has 1 fully saturated rings. The van der Waals surface area contributed by atoms with Crippen molar-refractivity contribution in [2.45, 2.75) is 41.0 Å². The summed E-state index contributed by atoms with van der Waals surface area (Å²) in [4.78, 5) is 26.8. The lowest BCUT2D eigenvalue weighted by molar-refractivity contribution is 0.0745. The van der Waals surface area contributed by atoms with E-state index in [0.29, 0.717) is 13.1 Å². The minimum absolute atomic E-state index is 0.119. The Bertz CT molecular complexity index is 1150. The van der Waals surface area contributed by atoms with Crippen molar-refractivity contribution in [3.63, 3.8) is 0 Å². The fourth-order valence-corrected chi connectivity index (χ4v) is 4.47. The van der Waals surface area contributed by atoms with Gasteiger partial charge in [0.25, 0.3) is 5.91 Å². The van der Waals surface area contributed by atoms with Crippen LogP contribution in [0.4, 0.5) is 5.82 Å². The van der Waals surface area contributed by atoms with Crippen LogP contribution in [0.2, 0.25) is 0 Å². The van der Waals surface area contributed by atoms with Crippen molar-refractivity contribution in [2.75, 3.05) is 31.1 Å². The Balaban J connectivity index is 1.56. The van der Waals surface area contributed by atoms with Gasteiger partial charge in [-0.25, -0.2) is 9.97 Å². The van der Waals surface area contributed by atoms with Crippen LogP contribution in [-0.2, 0) is 6.42 Å². The van der Waals surface area contributed by atoms with Crippen LogP contribution in [0, 0.1) is 34.6 Å². The standard InChI is InChI=1S/C27H32N4O/c1-18-10-11-19(2)23(16-18)17-25-21(4)28-22(5)29-26(25)30-12-14-31(15-13-30)27(32)24-9-7-6-8-20(24)3/h6-11,16H,12-15,17H2,1-5H3. The van der Waals surface area contributed by atoms with E-state index in [1.807, 2.05) is 43.0 Å². The average Bonchev–Trinajstić information content (AvgIpc) is 2.78. The van der Waals surface area contributed by atoms with Gasteiger partial charge in [0, 0.05) is 49.4 Å². The molecule has 1 saturated heterocycles. The third kappa shape index (κ3) is 4.52. The molecular formula is C27H32N4O. The summed E-state index contributed by atoms with van der Waals surface area (Å²) in [5, 5.41) is 0. The van der Waals surface area contributed by atoms with Gasteiger partial charge < -0.3 is 9.80 Å². The molecule has 0 unspecified atom stereocenters. The Morgan fingerprint density at radius 3 is 2.31 bits per heavy atom. The molecule has 0 radical (unpaired) electrons. The van der Waals surface area contributed by atoms with Gasteiger partial charge in [0.15, 0.2) is 0 Å². The molecular weight excluding hydrogens is 396 g/mol. The SMILES string of the molecule is Cc1ccc(C)c(Cc2c(C)nc(C)nc2N2CCN(C(=O)c3ccccc3C)CC2)c1. The van der Waals surface area contributed by atoms with Crippen LogP contribution >= 0.6 is 0 Å². The van der Waals surface area contributed by atoms with Crippen LogP contribution in [0.1, 0.15) is 49.7 Å². The number of aromatic nitrogens is 2. The molecule has 2 aromatic carbocycles. The normalized spacial score (nSPS) is 14.0. The maximum absolute atomic E-state index is 13.0. The van der Waals surface area contributed by atoms with E-state index in [1.165, 1.54) is 22.3 Å². The fraction of sp³-hybridized carbons (Fsp3) is 0.370. The molecule has 0 atom stereocenters. The van der Waals surface area contributed by atoms with E-state index in [4.69, 9.17) is 4.98 Å². The monoisotopic (exact) mass is 428 g/mol. The van der Waals surface area contributed by atoms with E-state index < -0.39 is 0 Å². The second kappa shape index (κ2) is 9.11. The number of piperazine rings is 1. The summed E-state index contributed by atoms with van der Waals surface area (Å²) in [5.41, 5.74) is 7.91. The number of carbonyl (C=O) groups is 1. The Kier molecular flexibility index (Phi) is 6.26. The zero-order chi connectivity index (χ0) is 22.8. The van der Waals surface area contributed by atoms with E-state index in [-0.39, 0.29) is 5.91 Å². The number of hydrogen-bond donors (Lipinski definition) is 0. The van der Waals surface area contributed by atoms with Crippen LogP contribution < -0.4 is 4.90 Å². The highest BCUT2D eigenvalue weighted by molar-refractivity contribution is 5.95. The van der Waals surface area contributed by atoms with Crippen LogP contribution in [0.25, 0.3) is 0 Å². The molecule has 1 aliphatic rings. The molecule has 32 heavy (non-hydrogen) atoms. The summed E-state index contributed by atoms with van der Waals surface area (Å²) in [6.07, 6.45) is 0.817. The summed E-state index contributed by atoms with van der Waals surface area (Å²) >= 11 is 0. The molecule has 166 valence electrons. The van der Waals surface area contributed by atoms with Gasteiger partial charge in [0.2, 0.25) is 0 Å². The molecule has 1 aliphatic heterocycles. The first-order valence-electron chi connectivity index (χ1n) is 11.3. The van der Waals surface area contributed by atoms with E-state index in [9.17, 15) is 4.79 Å². The molecule has 0 saturated carbocycles. The number of aryl methyl sites for hydroxylation is 5. The van der Waals surface area contributed by atoms with Crippen LogP contribution in [0.15, 0.2) is 42.5 Å². The van der Waals surface area contributed by atoms with Gasteiger partial charge >= 0.3 is 0 Å². The summed E-state index contributed by atoms with van der Waals surface area (Å²) in [5.74, 6) is 1.92. The molecule has 5 heteroatoms. The van der Waals surface area contributed by atoms with Crippen molar-refractivity contribution < 1.29 is 4.79 Å². The van der Waals surface area contributed by atoms with Crippen molar-refractivity contribution in [3.05, 3.63) is 87.4 Å². The van der Waals surface area contributed by atoms with Gasteiger partial charge in [0.05, 0.1) is 0 Å². The quantitative estimate of drug-likeness (QED) is 0.611. The van der Waals surface area contributed by atoms with Gasteiger partial charge in [0.1, 0.15) is 11.6 Å². The Morgan fingerprint density at radius 2 is 1.59 bits per heavy atom. The molecule has 0 aliphatic carbocycles. The Hall–Kier alpha value is -3.21. The Labute approximate surface area is 191 Å². The number of carbonyl (C=O) groups excluding carboxylic acids is 1. The van der Waals surface area contributed by atoms with Crippen molar-refractivity contribution in [1.29, 1.82) is 0 Å². The zero-order valence-electron chi connectivity index (χ0n) is 19.8. The lowest BCUT2D eigenvalue weighted by Gasteiger charge is -2.36. The summed E-state index contributed by atoms with van der Waals surface area (Å²) in [7, 11) is 0. The van der Waals surface area contributed by atoms with Gasteiger partial charge in [-0.2, -0.15) is 0 Å². The average molecular weight is 429 g/mol. The maximum Gasteiger partial charge on any atom is 0.254 e. The second-order valence-electron chi connectivity index (χ2n) is 8.86. The lowest BCUT2D eigenvalue weighted by Crippen LogP contribution is -2.49. The molecule has 0 bridgehead atoms. The first kappa shape index (κ1) is 22.0. The number of nitrogens with zero attached hydrogens (tertiary/aromatic N) is 4. The van der Waals surface area contributed by atoms with Crippen LogP contribution in [0.5, 0.6) is 0 Å². The van der Waals surface area contributed by atoms with E-state index in [2.05, 4.69) is 48.9 Å². The first-order valence-corrected chi connectivity index (χ1v) is 11.3. The first-order chi connectivity index (χ1) is 15.3. The topological polar surface area (TPSA) is 49.3 Å². The van der Waals surface area contributed by atoms with Crippen LogP contribution in [-0.4, -0.2) is 47.0 Å². The lowest BCUT2D eigenvalue weighted by atomic mass is 9.97. The second-order valence-corrected chi connectivity index (χ2v) is 8.86. The minimum atomic E-state index is 0.119. The third-order valence-corrected chi connectivity index (χ3v) is 6.42. The maximum atomic E-state index is 13.0. The molecule has 2 heterocycles. The van der Waals surface area contributed by atoms with E-state index in [0.717, 1.165) is 48.0 Å². The van der Waals surface area contributed by atoms with Gasteiger partial charge in [-0.3, -0.25) is 4.79 Å². The predicted molar refractivity (Wildman–Crippen MR) is 130 cm³/mol. The van der Waals surface area contributed by atoms with E-state index in [1.54, 1.807) is 0 Å². The van der Waals surface area contributed by atoms with Crippen molar-refractivity contribution >= 4 is 11.7 Å². The highest BCUT2D eigenvalue weighted by Gasteiger charge is 2.26. The number of hydrogen-bond acceptors (Lipinski definition) is 4. The highest BCUT2D eigenvalue weighted by atomic mass is 16.2. The molecule has 1 aromatic heterocycles. The third-order valence-electron chi connectivity index (χ3n) is 6.42. The largest absolute Gasteiger partial charge is 0.353 e.